The summed E-state index contributed by atoms with van der Waals surface area (Å²) in [4.78, 5) is 16.4. The lowest BCUT2D eigenvalue weighted by Crippen LogP contribution is -2.28. The van der Waals surface area contributed by atoms with E-state index in [-0.39, 0.29) is 0 Å². The van der Waals surface area contributed by atoms with Gasteiger partial charge in [0.1, 0.15) is 5.82 Å². The molecule has 0 aliphatic heterocycles. The first-order valence-corrected chi connectivity index (χ1v) is 7.52. The molecule has 0 aliphatic rings. The minimum absolute atomic E-state index is 0.319. The number of aromatic nitrogens is 1. The molecule has 0 atom stereocenters. The number of nitrogens with zero attached hydrogens (tertiary/aromatic N) is 1. The molecular formula is C19H16FN3O. The predicted molar refractivity (Wildman–Crippen MR) is 91.9 cm³/mol. The summed E-state index contributed by atoms with van der Waals surface area (Å²) in [6.07, 6.45) is 1.72. The summed E-state index contributed by atoms with van der Waals surface area (Å²) in [5.74, 6) is -0.397. The highest BCUT2D eigenvalue weighted by Crippen LogP contribution is 2.20. The van der Waals surface area contributed by atoms with Crippen molar-refractivity contribution in [3.05, 3.63) is 84.3 Å². The molecule has 0 saturated heterocycles. The van der Waals surface area contributed by atoms with E-state index in [0.29, 0.717) is 12.2 Å². The van der Waals surface area contributed by atoms with E-state index < -0.39 is 11.8 Å². The van der Waals surface area contributed by atoms with Gasteiger partial charge in [-0.1, -0.05) is 42.5 Å². The van der Waals surface area contributed by atoms with E-state index in [2.05, 4.69) is 15.6 Å². The highest BCUT2D eigenvalue weighted by molar-refractivity contribution is 5.89. The van der Waals surface area contributed by atoms with Crippen molar-refractivity contribution in [3.8, 4) is 11.3 Å². The van der Waals surface area contributed by atoms with Crippen molar-refractivity contribution in [2.75, 3.05) is 5.32 Å². The quantitative estimate of drug-likeness (QED) is 0.756. The molecule has 1 aromatic heterocycles. The first-order chi connectivity index (χ1) is 11.7. The predicted octanol–water partition coefficient (Wildman–Crippen LogP) is 4.21. The standard InChI is InChI=1S/C19H16FN3O/c20-16-9-4-10-17(12-16)23-19(24)22-13-15-8-5-11-21-18(15)14-6-2-1-3-7-14/h1-12H,13H2,(H2,22,23,24). The van der Waals surface area contributed by atoms with Crippen LogP contribution in [0.3, 0.4) is 0 Å². The van der Waals surface area contributed by atoms with Crippen LogP contribution in [0.1, 0.15) is 5.56 Å². The van der Waals surface area contributed by atoms with E-state index in [0.717, 1.165) is 16.8 Å². The number of carbonyl (C=O) groups excluding carboxylic acids is 1. The minimum atomic E-state index is -0.400. The van der Waals surface area contributed by atoms with E-state index in [1.54, 1.807) is 18.3 Å². The maximum absolute atomic E-state index is 13.1. The number of hydrogen-bond acceptors (Lipinski definition) is 2. The van der Waals surface area contributed by atoms with Crippen LogP contribution in [0.4, 0.5) is 14.9 Å². The molecule has 1 heterocycles. The molecule has 120 valence electrons. The average Bonchev–Trinajstić information content (AvgIpc) is 2.61. The molecule has 2 aromatic carbocycles. The lowest BCUT2D eigenvalue weighted by molar-refractivity contribution is 0.251. The maximum Gasteiger partial charge on any atom is 0.319 e. The van der Waals surface area contributed by atoms with Gasteiger partial charge in [0.15, 0.2) is 0 Å². The Balaban J connectivity index is 1.68. The molecule has 4 nitrogen and oxygen atoms in total. The third-order valence-electron chi connectivity index (χ3n) is 3.46. The molecule has 0 aliphatic carbocycles. The first-order valence-electron chi connectivity index (χ1n) is 7.52. The van der Waals surface area contributed by atoms with E-state index in [4.69, 9.17) is 0 Å². The summed E-state index contributed by atoms with van der Waals surface area (Å²) in [7, 11) is 0. The smallest absolute Gasteiger partial charge is 0.319 e. The molecule has 2 amide bonds. The second-order valence-corrected chi connectivity index (χ2v) is 5.20. The Bertz CT molecular complexity index is 837. The van der Waals surface area contributed by atoms with E-state index in [9.17, 15) is 9.18 Å². The molecular weight excluding hydrogens is 305 g/mol. The Morgan fingerprint density at radius 2 is 1.83 bits per heavy atom. The Hall–Kier alpha value is -3.21. The normalized spacial score (nSPS) is 10.2. The van der Waals surface area contributed by atoms with Crippen LogP contribution >= 0.6 is 0 Å². The van der Waals surface area contributed by atoms with Gasteiger partial charge in [0.2, 0.25) is 0 Å². The lowest BCUT2D eigenvalue weighted by Gasteiger charge is -2.11. The molecule has 24 heavy (non-hydrogen) atoms. The van der Waals surface area contributed by atoms with Crippen LogP contribution in [0.15, 0.2) is 72.9 Å². The fourth-order valence-electron chi connectivity index (χ4n) is 2.35. The zero-order valence-corrected chi connectivity index (χ0v) is 12.9. The maximum atomic E-state index is 13.1. The van der Waals surface area contributed by atoms with Gasteiger partial charge < -0.3 is 10.6 Å². The van der Waals surface area contributed by atoms with Gasteiger partial charge in [0.25, 0.3) is 0 Å². The van der Waals surface area contributed by atoms with Gasteiger partial charge in [0, 0.05) is 24.0 Å². The van der Waals surface area contributed by atoms with Crippen LogP contribution in [0.2, 0.25) is 0 Å². The number of urea groups is 1. The number of rotatable bonds is 4. The Morgan fingerprint density at radius 1 is 1.00 bits per heavy atom. The summed E-state index contributed by atoms with van der Waals surface area (Å²) in [5.41, 5.74) is 3.12. The van der Waals surface area contributed by atoms with Crippen molar-refractivity contribution < 1.29 is 9.18 Å². The first kappa shape index (κ1) is 15.7. The van der Waals surface area contributed by atoms with E-state index in [1.807, 2.05) is 42.5 Å². The number of pyridine rings is 1. The van der Waals surface area contributed by atoms with Crippen molar-refractivity contribution in [1.29, 1.82) is 0 Å². The Labute approximate surface area is 139 Å². The number of carbonyl (C=O) groups is 1. The molecule has 0 spiro atoms. The molecule has 5 heteroatoms. The van der Waals surface area contributed by atoms with Crippen LogP contribution < -0.4 is 10.6 Å². The molecule has 0 unspecified atom stereocenters. The molecule has 0 bridgehead atoms. The van der Waals surface area contributed by atoms with Gasteiger partial charge in [-0.05, 0) is 29.8 Å². The fraction of sp³-hybridized carbons (Fsp3) is 0.0526. The van der Waals surface area contributed by atoms with E-state index >= 15 is 0 Å². The number of anilines is 1. The molecule has 3 aromatic rings. The highest BCUT2D eigenvalue weighted by Gasteiger charge is 2.08. The summed E-state index contributed by atoms with van der Waals surface area (Å²) in [5, 5.41) is 5.37. The minimum Gasteiger partial charge on any atom is -0.334 e. The van der Waals surface area contributed by atoms with Gasteiger partial charge in [-0.25, -0.2) is 9.18 Å². The number of benzene rings is 2. The van der Waals surface area contributed by atoms with Gasteiger partial charge in [-0.15, -0.1) is 0 Å². The second-order valence-electron chi connectivity index (χ2n) is 5.20. The monoisotopic (exact) mass is 321 g/mol. The molecule has 2 N–H and O–H groups in total. The topological polar surface area (TPSA) is 54.0 Å². The zero-order valence-electron chi connectivity index (χ0n) is 12.9. The summed E-state index contributed by atoms with van der Waals surface area (Å²) in [6.45, 7) is 0.319. The zero-order chi connectivity index (χ0) is 16.8. The molecule has 0 fully saturated rings. The van der Waals surface area contributed by atoms with Crippen molar-refractivity contribution in [2.45, 2.75) is 6.54 Å². The van der Waals surface area contributed by atoms with Gasteiger partial charge >= 0.3 is 6.03 Å². The summed E-state index contributed by atoms with van der Waals surface area (Å²) < 4.78 is 13.1. The third kappa shape index (κ3) is 3.95. The summed E-state index contributed by atoms with van der Waals surface area (Å²) in [6, 6.07) is 18.9. The molecule has 0 radical (unpaired) electrons. The molecule has 3 rings (SSSR count). The van der Waals surface area contributed by atoms with E-state index in [1.165, 1.54) is 12.1 Å². The van der Waals surface area contributed by atoms with Crippen molar-refractivity contribution in [3.63, 3.8) is 0 Å². The summed E-state index contributed by atoms with van der Waals surface area (Å²) >= 11 is 0. The van der Waals surface area contributed by atoms with Crippen molar-refractivity contribution >= 4 is 11.7 Å². The fourth-order valence-corrected chi connectivity index (χ4v) is 2.35. The van der Waals surface area contributed by atoms with Crippen molar-refractivity contribution in [1.82, 2.24) is 10.3 Å². The number of halogens is 1. The van der Waals surface area contributed by atoms with Crippen LogP contribution in [0, 0.1) is 5.82 Å². The number of amides is 2. The largest absolute Gasteiger partial charge is 0.334 e. The average molecular weight is 321 g/mol. The lowest BCUT2D eigenvalue weighted by atomic mass is 10.1. The highest BCUT2D eigenvalue weighted by atomic mass is 19.1. The van der Waals surface area contributed by atoms with Gasteiger partial charge in [-0.3, -0.25) is 4.98 Å². The Morgan fingerprint density at radius 3 is 2.62 bits per heavy atom. The Kier molecular flexibility index (Phi) is 4.81. The van der Waals surface area contributed by atoms with Crippen LogP contribution in [-0.4, -0.2) is 11.0 Å². The SMILES string of the molecule is O=C(NCc1cccnc1-c1ccccc1)Nc1cccc(F)c1. The van der Waals surface area contributed by atoms with Crippen LogP contribution in [-0.2, 0) is 6.54 Å². The molecule has 0 saturated carbocycles. The second kappa shape index (κ2) is 7.37. The van der Waals surface area contributed by atoms with Crippen molar-refractivity contribution in [2.24, 2.45) is 0 Å². The van der Waals surface area contributed by atoms with Crippen LogP contribution in [0.25, 0.3) is 11.3 Å². The van der Waals surface area contributed by atoms with Gasteiger partial charge in [-0.2, -0.15) is 0 Å². The number of nitrogens with one attached hydrogen (secondary N) is 2. The number of hydrogen-bond donors (Lipinski definition) is 2. The van der Waals surface area contributed by atoms with Gasteiger partial charge in [0.05, 0.1) is 5.69 Å². The van der Waals surface area contributed by atoms with Crippen LogP contribution in [0.5, 0.6) is 0 Å². The third-order valence-corrected chi connectivity index (χ3v) is 3.46.